The second-order valence-corrected chi connectivity index (χ2v) is 7.01. The van der Waals surface area contributed by atoms with Crippen molar-refractivity contribution in [3.05, 3.63) is 21.1 Å². The van der Waals surface area contributed by atoms with E-state index in [1.54, 1.807) is 17.5 Å². The van der Waals surface area contributed by atoms with Gasteiger partial charge in [-0.3, -0.25) is 0 Å². The molecule has 0 radical (unpaired) electrons. The summed E-state index contributed by atoms with van der Waals surface area (Å²) in [5.41, 5.74) is 7.18. The van der Waals surface area contributed by atoms with E-state index in [1.807, 2.05) is 6.07 Å². The highest BCUT2D eigenvalue weighted by atomic mass is 79.9. The monoisotopic (exact) mass is 312 g/mol. The van der Waals surface area contributed by atoms with Crippen molar-refractivity contribution in [2.75, 3.05) is 5.73 Å². The van der Waals surface area contributed by atoms with Crippen LogP contribution >= 0.6 is 27.3 Å². The minimum Gasteiger partial charge on any atom is -0.368 e. The van der Waals surface area contributed by atoms with Crippen molar-refractivity contribution in [3.63, 3.8) is 0 Å². The average Bonchev–Trinajstić information content (AvgIpc) is 2.60. The molecule has 0 fully saturated rings. The molecule has 17 heavy (non-hydrogen) atoms. The summed E-state index contributed by atoms with van der Waals surface area (Å²) in [7, 11) is 0. The minimum atomic E-state index is 0.0318. The molecule has 0 saturated heterocycles. The van der Waals surface area contributed by atoms with E-state index in [9.17, 15) is 0 Å². The summed E-state index contributed by atoms with van der Waals surface area (Å²) in [5.74, 6) is 0.264. The van der Waals surface area contributed by atoms with Crippen molar-refractivity contribution in [1.29, 1.82) is 0 Å². The molecule has 0 aromatic carbocycles. The van der Waals surface area contributed by atoms with Gasteiger partial charge in [0.1, 0.15) is 5.69 Å². The smallest absolute Gasteiger partial charge is 0.220 e. The van der Waals surface area contributed by atoms with E-state index in [1.165, 1.54) is 0 Å². The van der Waals surface area contributed by atoms with Crippen LogP contribution in [0.25, 0.3) is 11.4 Å². The van der Waals surface area contributed by atoms with Gasteiger partial charge in [0.15, 0.2) is 0 Å². The highest BCUT2D eigenvalue weighted by Crippen LogP contribution is 2.37. The summed E-state index contributed by atoms with van der Waals surface area (Å²) in [4.78, 5) is 12.7. The van der Waals surface area contributed by atoms with Crippen molar-refractivity contribution in [3.8, 4) is 11.4 Å². The second kappa shape index (κ2) is 4.34. The van der Waals surface area contributed by atoms with E-state index in [0.29, 0.717) is 0 Å². The largest absolute Gasteiger partial charge is 0.368 e. The van der Waals surface area contributed by atoms with Gasteiger partial charge in [0, 0.05) is 11.6 Å². The first-order valence-corrected chi connectivity index (χ1v) is 6.74. The lowest BCUT2D eigenvalue weighted by Crippen LogP contribution is -2.10. The lowest BCUT2D eigenvalue weighted by Gasteiger charge is -2.13. The zero-order valence-electron chi connectivity index (χ0n) is 9.86. The topological polar surface area (TPSA) is 64.7 Å². The van der Waals surface area contributed by atoms with Crippen LogP contribution in [0.15, 0.2) is 16.0 Å². The number of rotatable bonds is 1. The van der Waals surface area contributed by atoms with Gasteiger partial charge in [-0.25, -0.2) is 15.0 Å². The minimum absolute atomic E-state index is 0.0318. The molecule has 2 rings (SSSR count). The van der Waals surface area contributed by atoms with Crippen molar-refractivity contribution < 1.29 is 0 Å². The van der Waals surface area contributed by atoms with Crippen LogP contribution in [-0.4, -0.2) is 15.0 Å². The molecule has 2 aromatic rings. The van der Waals surface area contributed by atoms with Crippen LogP contribution in [0.4, 0.5) is 5.95 Å². The predicted octanol–water partition coefficient (Wildman–Crippen LogP) is 3.24. The molecule has 0 amide bonds. The molecular formula is C11H13BrN4S. The Labute approximate surface area is 112 Å². The Morgan fingerprint density at radius 3 is 2.53 bits per heavy atom. The maximum atomic E-state index is 5.58. The van der Waals surface area contributed by atoms with Crippen LogP contribution in [0, 0.1) is 0 Å². The van der Waals surface area contributed by atoms with E-state index in [0.717, 1.165) is 20.2 Å². The summed E-state index contributed by atoms with van der Waals surface area (Å²) in [6.45, 7) is 6.41. The van der Waals surface area contributed by atoms with E-state index in [-0.39, 0.29) is 11.4 Å². The first-order chi connectivity index (χ1) is 7.88. The molecule has 0 atom stereocenters. The fraction of sp³-hybridized carbons (Fsp3) is 0.364. The summed E-state index contributed by atoms with van der Waals surface area (Å²) in [6.07, 6.45) is 1.64. The molecule has 0 aliphatic rings. The Morgan fingerprint density at radius 2 is 2.00 bits per heavy atom. The first kappa shape index (κ1) is 12.4. The molecule has 2 heterocycles. The highest BCUT2D eigenvalue weighted by molar-refractivity contribution is 9.11. The van der Waals surface area contributed by atoms with Crippen molar-refractivity contribution in [1.82, 2.24) is 15.0 Å². The third kappa shape index (κ3) is 2.63. The van der Waals surface area contributed by atoms with E-state index < -0.39 is 0 Å². The molecule has 2 N–H and O–H groups in total. The van der Waals surface area contributed by atoms with Gasteiger partial charge in [-0.1, -0.05) is 20.8 Å². The molecule has 90 valence electrons. The number of hydrogen-bond acceptors (Lipinski definition) is 5. The van der Waals surface area contributed by atoms with Crippen LogP contribution in [0.3, 0.4) is 0 Å². The number of thiazole rings is 1. The number of hydrogen-bond donors (Lipinski definition) is 1. The SMILES string of the molecule is CC(C)(C)c1nc(-c2ccnc(N)n2)c(Br)s1. The Balaban J connectivity index is 2.50. The van der Waals surface area contributed by atoms with E-state index in [2.05, 4.69) is 51.7 Å². The number of aromatic nitrogens is 3. The molecule has 6 heteroatoms. The first-order valence-electron chi connectivity index (χ1n) is 5.13. The third-order valence-electron chi connectivity index (χ3n) is 2.14. The Morgan fingerprint density at radius 1 is 1.29 bits per heavy atom. The Kier molecular flexibility index (Phi) is 3.18. The van der Waals surface area contributed by atoms with Gasteiger partial charge in [0.2, 0.25) is 5.95 Å². The van der Waals surface area contributed by atoms with E-state index in [4.69, 9.17) is 5.73 Å². The van der Waals surface area contributed by atoms with Gasteiger partial charge >= 0.3 is 0 Å². The summed E-state index contributed by atoms with van der Waals surface area (Å²) in [6, 6.07) is 1.81. The van der Waals surface area contributed by atoms with Gasteiger partial charge in [0.25, 0.3) is 0 Å². The highest BCUT2D eigenvalue weighted by Gasteiger charge is 2.21. The van der Waals surface area contributed by atoms with Crippen LogP contribution < -0.4 is 5.73 Å². The number of halogens is 1. The normalized spacial score (nSPS) is 11.8. The third-order valence-corrected chi connectivity index (χ3v) is 4.27. The van der Waals surface area contributed by atoms with Gasteiger partial charge in [-0.2, -0.15) is 0 Å². The quantitative estimate of drug-likeness (QED) is 0.878. The zero-order chi connectivity index (χ0) is 12.6. The van der Waals surface area contributed by atoms with Crippen LogP contribution in [-0.2, 0) is 5.41 Å². The molecule has 4 nitrogen and oxygen atoms in total. The fourth-order valence-electron chi connectivity index (χ4n) is 1.29. The summed E-state index contributed by atoms with van der Waals surface area (Å²) < 4.78 is 0.973. The summed E-state index contributed by atoms with van der Waals surface area (Å²) >= 11 is 5.15. The van der Waals surface area contributed by atoms with Crippen molar-refractivity contribution in [2.45, 2.75) is 26.2 Å². The van der Waals surface area contributed by atoms with Gasteiger partial charge in [-0.15, -0.1) is 11.3 Å². The van der Waals surface area contributed by atoms with Crippen LogP contribution in [0.1, 0.15) is 25.8 Å². The van der Waals surface area contributed by atoms with Gasteiger partial charge in [-0.05, 0) is 22.0 Å². The molecule has 0 unspecified atom stereocenters. The number of anilines is 1. The fourth-order valence-corrected chi connectivity index (χ4v) is 2.90. The predicted molar refractivity (Wildman–Crippen MR) is 74.0 cm³/mol. The lowest BCUT2D eigenvalue weighted by molar-refractivity contribution is 0.586. The summed E-state index contributed by atoms with van der Waals surface area (Å²) in [5, 5.41) is 1.07. The van der Waals surface area contributed by atoms with E-state index >= 15 is 0 Å². The number of nitrogen functional groups attached to an aromatic ring is 1. The molecule has 0 spiro atoms. The molecular weight excluding hydrogens is 300 g/mol. The zero-order valence-corrected chi connectivity index (χ0v) is 12.3. The molecule has 0 aliphatic carbocycles. The van der Waals surface area contributed by atoms with Crippen LogP contribution in [0.2, 0.25) is 0 Å². The van der Waals surface area contributed by atoms with Gasteiger partial charge in [0.05, 0.1) is 14.5 Å². The van der Waals surface area contributed by atoms with Crippen molar-refractivity contribution >= 4 is 33.2 Å². The lowest BCUT2D eigenvalue weighted by atomic mass is 9.98. The molecule has 0 saturated carbocycles. The Hall–Kier alpha value is -1.01. The second-order valence-electron chi connectivity index (χ2n) is 4.69. The standard InChI is InChI=1S/C11H13BrN4S/c1-11(2,3)9-16-7(8(12)17-9)6-4-5-14-10(13)15-6/h4-5H,1-3H3,(H2,13,14,15). The molecule has 0 aliphatic heterocycles. The maximum absolute atomic E-state index is 5.58. The average molecular weight is 313 g/mol. The van der Waals surface area contributed by atoms with Crippen molar-refractivity contribution in [2.24, 2.45) is 0 Å². The van der Waals surface area contributed by atoms with Crippen LogP contribution in [0.5, 0.6) is 0 Å². The maximum Gasteiger partial charge on any atom is 0.220 e. The molecule has 2 aromatic heterocycles. The molecule has 0 bridgehead atoms. The Bertz CT molecular complexity index is 545. The van der Waals surface area contributed by atoms with Gasteiger partial charge < -0.3 is 5.73 Å². The number of nitrogens with zero attached hydrogens (tertiary/aromatic N) is 3. The number of nitrogens with two attached hydrogens (primary N) is 1.